The Kier molecular flexibility index (Phi) is 3.53. The lowest BCUT2D eigenvalue weighted by molar-refractivity contribution is -0.115. The highest BCUT2D eigenvalue weighted by atomic mass is 127. The second-order valence-electron chi connectivity index (χ2n) is 2.62. The van der Waals surface area contributed by atoms with E-state index in [-0.39, 0.29) is 5.91 Å². The van der Waals surface area contributed by atoms with Crippen LogP contribution in [0.5, 0.6) is 0 Å². The molecule has 0 radical (unpaired) electrons. The summed E-state index contributed by atoms with van der Waals surface area (Å²) in [6.07, 6.45) is 1.67. The normalized spacial score (nSPS) is 18.7. The minimum atomic E-state index is -0.174. The van der Waals surface area contributed by atoms with E-state index in [1.165, 1.54) is 11.8 Å². The standard InChI is InChI=1S/C8H3BrINO2S2/c9-4-1-3(13-6(4)10)2-5-7(12)11-8(14)15-5/h1-2H,(H,11,12,14)/b5-2+. The Labute approximate surface area is 117 Å². The second-order valence-corrected chi connectivity index (χ2v) is 6.18. The highest BCUT2D eigenvalue weighted by molar-refractivity contribution is 14.1. The third-order valence-corrected chi connectivity index (χ3v) is 4.87. The molecule has 1 aliphatic heterocycles. The number of halogens is 2. The van der Waals surface area contributed by atoms with E-state index in [0.717, 1.165) is 8.24 Å². The number of amides is 1. The summed E-state index contributed by atoms with van der Waals surface area (Å²) < 4.78 is 7.50. The maximum absolute atomic E-state index is 11.3. The number of hydrogen-bond acceptors (Lipinski definition) is 4. The smallest absolute Gasteiger partial charge is 0.263 e. The number of thioether (sulfide) groups is 1. The van der Waals surface area contributed by atoms with Gasteiger partial charge in [-0.2, -0.15) is 0 Å². The number of thiocarbonyl (C=S) groups is 1. The van der Waals surface area contributed by atoms with E-state index in [2.05, 4.69) is 43.8 Å². The SMILES string of the molecule is O=C1NC(=S)S/C1=C/c1cc(Br)c(I)o1. The Morgan fingerprint density at radius 3 is 2.87 bits per heavy atom. The van der Waals surface area contributed by atoms with Crippen LogP contribution in [-0.2, 0) is 4.79 Å². The summed E-state index contributed by atoms with van der Waals surface area (Å²) in [7, 11) is 0. The molecule has 3 nitrogen and oxygen atoms in total. The van der Waals surface area contributed by atoms with Crippen molar-refractivity contribution in [3.63, 3.8) is 0 Å². The Hall–Kier alpha value is 0.140. The lowest BCUT2D eigenvalue weighted by Gasteiger charge is -1.88. The van der Waals surface area contributed by atoms with Gasteiger partial charge in [-0.3, -0.25) is 4.79 Å². The van der Waals surface area contributed by atoms with Gasteiger partial charge in [0.25, 0.3) is 5.91 Å². The third kappa shape index (κ3) is 2.63. The van der Waals surface area contributed by atoms with Crippen LogP contribution in [-0.4, -0.2) is 10.2 Å². The molecule has 1 amide bonds. The van der Waals surface area contributed by atoms with Gasteiger partial charge >= 0.3 is 0 Å². The fourth-order valence-corrected chi connectivity index (χ4v) is 2.73. The average molecular weight is 416 g/mol. The summed E-state index contributed by atoms with van der Waals surface area (Å²) in [6.45, 7) is 0. The van der Waals surface area contributed by atoms with Crippen molar-refractivity contribution in [3.8, 4) is 0 Å². The number of carbonyl (C=O) groups excluding carboxylic acids is 1. The van der Waals surface area contributed by atoms with Gasteiger partial charge in [-0.15, -0.1) is 0 Å². The van der Waals surface area contributed by atoms with E-state index < -0.39 is 0 Å². The van der Waals surface area contributed by atoms with Gasteiger partial charge in [0.05, 0.1) is 9.38 Å². The molecule has 1 aliphatic rings. The van der Waals surface area contributed by atoms with Crippen molar-refractivity contribution in [3.05, 3.63) is 25.0 Å². The largest absolute Gasteiger partial charge is 0.450 e. The average Bonchev–Trinajstić information content (AvgIpc) is 2.59. The highest BCUT2D eigenvalue weighted by Crippen LogP contribution is 2.29. The molecule has 0 aliphatic carbocycles. The molecule has 0 saturated carbocycles. The number of rotatable bonds is 1. The zero-order valence-electron chi connectivity index (χ0n) is 7.04. The summed E-state index contributed by atoms with van der Waals surface area (Å²) in [5.41, 5.74) is 0. The van der Waals surface area contributed by atoms with Crippen molar-refractivity contribution in [2.45, 2.75) is 0 Å². The first-order valence-electron chi connectivity index (χ1n) is 3.76. The molecule has 0 bridgehead atoms. The molecule has 1 aromatic rings. The van der Waals surface area contributed by atoms with Crippen molar-refractivity contribution in [1.29, 1.82) is 0 Å². The molecule has 1 N–H and O–H groups in total. The topological polar surface area (TPSA) is 42.2 Å². The summed E-state index contributed by atoms with van der Waals surface area (Å²) in [5.74, 6) is 0.459. The summed E-state index contributed by atoms with van der Waals surface area (Å²) in [5, 5.41) is 2.54. The minimum absolute atomic E-state index is 0.174. The van der Waals surface area contributed by atoms with Crippen LogP contribution in [0.1, 0.15) is 5.76 Å². The van der Waals surface area contributed by atoms with Gasteiger partial charge in [0.15, 0.2) is 3.77 Å². The van der Waals surface area contributed by atoms with E-state index in [4.69, 9.17) is 16.6 Å². The Balaban J connectivity index is 2.30. The van der Waals surface area contributed by atoms with Crippen LogP contribution >= 0.6 is 62.5 Å². The van der Waals surface area contributed by atoms with E-state index in [1.807, 2.05) is 6.07 Å². The molecule has 15 heavy (non-hydrogen) atoms. The van der Waals surface area contributed by atoms with E-state index in [9.17, 15) is 4.79 Å². The van der Waals surface area contributed by atoms with Gasteiger partial charge in [0.1, 0.15) is 10.1 Å². The maximum atomic E-state index is 11.3. The van der Waals surface area contributed by atoms with Crippen molar-refractivity contribution in [2.24, 2.45) is 0 Å². The lowest BCUT2D eigenvalue weighted by Crippen LogP contribution is -2.17. The quantitative estimate of drug-likeness (QED) is 0.434. The monoisotopic (exact) mass is 415 g/mol. The van der Waals surface area contributed by atoms with E-state index in [1.54, 1.807) is 6.08 Å². The third-order valence-electron chi connectivity index (χ3n) is 1.58. The number of hydrogen-bond donors (Lipinski definition) is 1. The number of nitrogens with one attached hydrogen (secondary N) is 1. The second kappa shape index (κ2) is 4.56. The van der Waals surface area contributed by atoms with Gasteiger partial charge in [-0.25, -0.2) is 0 Å². The summed E-state index contributed by atoms with van der Waals surface area (Å²) in [4.78, 5) is 11.9. The summed E-state index contributed by atoms with van der Waals surface area (Å²) in [6, 6.07) is 1.81. The minimum Gasteiger partial charge on any atom is -0.450 e. The molecule has 78 valence electrons. The van der Waals surface area contributed by atoms with Gasteiger partial charge in [-0.1, -0.05) is 24.0 Å². The van der Waals surface area contributed by atoms with Crippen LogP contribution in [0.15, 0.2) is 19.9 Å². The summed E-state index contributed by atoms with van der Waals surface area (Å²) >= 11 is 11.5. The zero-order valence-corrected chi connectivity index (χ0v) is 12.4. The van der Waals surface area contributed by atoms with Crippen molar-refractivity contribution < 1.29 is 9.21 Å². The van der Waals surface area contributed by atoms with Gasteiger partial charge < -0.3 is 9.73 Å². The molecule has 1 aromatic heterocycles. The molecule has 0 atom stereocenters. The van der Waals surface area contributed by atoms with Crippen LogP contribution in [0.4, 0.5) is 0 Å². The first kappa shape index (κ1) is 11.6. The van der Waals surface area contributed by atoms with Crippen LogP contribution in [0.25, 0.3) is 6.08 Å². The van der Waals surface area contributed by atoms with E-state index >= 15 is 0 Å². The van der Waals surface area contributed by atoms with Gasteiger partial charge in [0.2, 0.25) is 0 Å². The van der Waals surface area contributed by atoms with Crippen molar-refractivity contribution in [2.75, 3.05) is 0 Å². The molecule has 2 heterocycles. The molecular weight excluding hydrogens is 413 g/mol. The molecular formula is C8H3BrINO2S2. The fourth-order valence-electron chi connectivity index (χ4n) is 0.985. The lowest BCUT2D eigenvalue weighted by atomic mass is 10.4. The van der Waals surface area contributed by atoms with Crippen molar-refractivity contribution >= 4 is 78.8 Å². The Bertz CT molecular complexity index is 463. The molecule has 1 fully saturated rings. The van der Waals surface area contributed by atoms with Crippen LogP contribution in [0.2, 0.25) is 0 Å². The van der Waals surface area contributed by atoms with Crippen LogP contribution in [0.3, 0.4) is 0 Å². The van der Waals surface area contributed by atoms with E-state index in [0.29, 0.717) is 15.0 Å². The molecule has 0 spiro atoms. The molecule has 1 saturated heterocycles. The molecule has 7 heteroatoms. The molecule has 2 rings (SSSR count). The zero-order chi connectivity index (χ0) is 11.0. The first-order valence-corrected chi connectivity index (χ1v) is 6.85. The predicted molar refractivity (Wildman–Crippen MR) is 75.4 cm³/mol. The predicted octanol–water partition coefficient (Wildman–Crippen LogP) is 3.14. The Morgan fingerprint density at radius 2 is 2.40 bits per heavy atom. The van der Waals surface area contributed by atoms with Crippen LogP contribution < -0.4 is 5.32 Å². The maximum Gasteiger partial charge on any atom is 0.263 e. The molecule has 0 aromatic carbocycles. The number of carbonyl (C=O) groups is 1. The Morgan fingerprint density at radius 1 is 1.67 bits per heavy atom. The van der Waals surface area contributed by atoms with Gasteiger partial charge in [-0.05, 0) is 22.0 Å². The first-order chi connectivity index (χ1) is 7.06. The van der Waals surface area contributed by atoms with Gasteiger partial charge in [0, 0.05) is 28.7 Å². The van der Waals surface area contributed by atoms with Crippen LogP contribution in [0, 0.1) is 3.77 Å². The highest BCUT2D eigenvalue weighted by Gasteiger charge is 2.22. The fraction of sp³-hybridized carbons (Fsp3) is 0. The number of furan rings is 1. The molecule has 0 unspecified atom stereocenters. The van der Waals surface area contributed by atoms with Crippen molar-refractivity contribution in [1.82, 2.24) is 5.32 Å².